The van der Waals surface area contributed by atoms with E-state index in [0.29, 0.717) is 50.9 Å². The van der Waals surface area contributed by atoms with E-state index in [2.05, 4.69) is 106 Å². The zero-order chi connectivity index (χ0) is 34.9. The highest BCUT2D eigenvalue weighted by Crippen LogP contribution is 2.18. The van der Waals surface area contributed by atoms with Gasteiger partial charge in [-0.25, -0.2) is 4.79 Å². The lowest BCUT2D eigenvalue weighted by Crippen LogP contribution is -2.36. The minimum Gasteiger partial charge on any atom is -0.461 e. The molecule has 0 unspecified atom stereocenters. The molecule has 0 fully saturated rings. The Labute approximate surface area is 308 Å². The number of pyridine rings is 2. The van der Waals surface area contributed by atoms with Crippen LogP contribution >= 0.6 is 66.9 Å². The monoisotopic (exact) mass is 838 g/mol. The molecule has 12 nitrogen and oxygen atoms in total. The van der Waals surface area contributed by atoms with E-state index in [1.807, 2.05) is 36.4 Å². The first-order valence-electron chi connectivity index (χ1n) is 14.4. The number of hydrogen-bond acceptors (Lipinski definition) is 14. The first-order chi connectivity index (χ1) is 22.0. The van der Waals surface area contributed by atoms with Crippen LogP contribution in [0.25, 0.3) is 0 Å². The molecule has 47 heavy (non-hydrogen) atoms. The predicted molar refractivity (Wildman–Crippen MR) is 198 cm³/mol. The molecule has 0 aliphatic rings. The Morgan fingerprint density at radius 2 is 1.34 bits per heavy atom. The fraction of sp³-hybridized carbons (Fsp3) is 0.467. The van der Waals surface area contributed by atoms with E-state index in [1.165, 1.54) is 11.3 Å². The van der Waals surface area contributed by atoms with Crippen molar-refractivity contribution in [2.45, 2.75) is 73.0 Å². The van der Waals surface area contributed by atoms with Crippen LogP contribution in [0.5, 0.6) is 0 Å². The van der Waals surface area contributed by atoms with Crippen molar-refractivity contribution in [2.24, 2.45) is 5.73 Å². The number of carbonyl (C=O) groups is 2. The molecule has 0 radical (unpaired) electrons. The van der Waals surface area contributed by atoms with Crippen molar-refractivity contribution in [3.05, 3.63) is 78.0 Å². The lowest BCUT2D eigenvalue weighted by Gasteiger charge is -2.28. The van der Waals surface area contributed by atoms with Crippen molar-refractivity contribution in [3.63, 3.8) is 0 Å². The van der Waals surface area contributed by atoms with Crippen LogP contribution in [0.4, 0.5) is 0 Å². The second-order valence-electron chi connectivity index (χ2n) is 9.23. The molecule has 262 valence electrons. The summed E-state index contributed by atoms with van der Waals surface area (Å²) in [6.45, 7) is 15.0. The number of nitrogens with two attached hydrogens (primary N) is 1. The van der Waals surface area contributed by atoms with Gasteiger partial charge < -0.3 is 15.6 Å². The second kappa shape index (κ2) is 28.7. The Balaban J connectivity index is 0. The number of carbonyl (C=O) groups excluding carboxylic acids is 2. The Hall–Kier alpha value is -2.31. The van der Waals surface area contributed by atoms with E-state index in [1.54, 1.807) is 19.3 Å². The maximum absolute atomic E-state index is 11.7. The molecule has 4 aromatic rings. The van der Waals surface area contributed by atoms with Gasteiger partial charge in [-0.05, 0) is 104 Å². The van der Waals surface area contributed by atoms with Gasteiger partial charge in [-0.3, -0.25) is 19.7 Å². The summed E-state index contributed by atoms with van der Waals surface area (Å²) in [5.41, 5.74) is 7.14. The highest BCUT2D eigenvalue weighted by molar-refractivity contribution is 9.11. The first-order valence-corrected chi connectivity index (χ1v) is 17.6. The molecule has 0 saturated heterocycles. The molecule has 0 aliphatic carbocycles. The highest BCUT2D eigenvalue weighted by atomic mass is 79.9. The number of Topliss-reactive ketones (excluding diaryl/α,β-unsaturated/α-hetero) is 1. The van der Waals surface area contributed by atoms with Gasteiger partial charge in [0.2, 0.25) is 5.01 Å². The number of rotatable bonds is 10. The molecule has 0 aromatic carbocycles. The van der Waals surface area contributed by atoms with Crippen molar-refractivity contribution in [3.8, 4) is 0 Å². The largest absolute Gasteiger partial charge is 0.461 e. The number of ether oxygens (including phenoxy) is 1. The van der Waals surface area contributed by atoms with Crippen LogP contribution in [0, 0.1) is 0 Å². The summed E-state index contributed by atoms with van der Waals surface area (Å²) < 4.78 is 5.91. The fourth-order valence-corrected chi connectivity index (χ4v) is 5.62. The summed E-state index contributed by atoms with van der Waals surface area (Å²) in [7, 11) is 1.00. The molecule has 0 aliphatic heterocycles. The van der Waals surface area contributed by atoms with Gasteiger partial charge in [-0.2, -0.15) is 0 Å². The number of aliphatic hydroxyl groups is 1. The number of esters is 1. The second-order valence-corrected chi connectivity index (χ2v) is 13.7. The van der Waals surface area contributed by atoms with Crippen molar-refractivity contribution in [2.75, 3.05) is 20.3 Å². The number of nitrogens with zero attached hydrogens (tertiary/aromatic N) is 7. The first kappa shape index (κ1) is 46.8. The quantitative estimate of drug-likeness (QED) is 0.128. The molecular weight excluding hydrogens is 796 g/mol. The van der Waals surface area contributed by atoms with Crippen molar-refractivity contribution in [1.29, 1.82) is 0 Å². The summed E-state index contributed by atoms with van der Waals surface area (Å²) in [6.07, 6.45) is 4.51. The third kappa shape index (κ3) is 21.3. The fourth-order valence-electron chi connectivity index (χ4n) is 3.54. The lowest BCUT2D eigenvalue weighted by atomic mass is 10.2. The van der Waals surface area contributed by atoms with Gasteiger partial charge in [0.15, 0.2) is 18.6 Å². The molecule has 4 rings (SSSR count). The third-order valence-electron chi connectivity index (χ3n) is 5.45. The molecule has 0 spiro atoms. The smallest absolute Gasteiger partial charge is 0.369 e. The predicted octanol–water partition coefficient (Wildman–Crippen LogP) is 6.68. The molecule has 3 N–H and O–H groups in total. The maximum Gasteiger partial charge on any atom is 0.369 e. The van der Waals surface area contributed by atoms with Crippen LogP contribution in [-0.2, 0) is 17.7 Å². The van der Waals surface area contributed by atoms with Crippen LogP contribution in [0.1, 0.15) is 79.0 Å². The van der Waals surface area contributed by atoms with E-state index >= 15 is 0 Å². The molecule has 0 atom stereocenters. The van der Waals surface area contributed by atoms with Crippen LogP contribution in [0.2, 0.25) is 0 Å². The van der Waals surface area contributed by atoms with Crippen LogP contribution in [0.3, 0.4) is 0 Å². The Bertz CT molecular complexity index is 1350. The number of halogens is 3. The minimum absolute atomic E-state index is 0. The summed E-state index contributed by atoms with van der Waals surface area (Å²) in [5, 5.41) is 22.4. The van der Waals surface area contributed by atoms with E-state index in [4.69, 9.17) is 10.8 Å². The molecule has 0 amide bonds. The van der Waals surface area contributed by atoms with Crippen molar-refractivity contribution < 1.29 is 19.4 Å². The average molecular weight is 841 g/mol. The van der Waals surface area contributed by atoms with E-state index < -0.39 is 5.97 Å². The molecule has 17 heteroatoms. The van der Waals surface area contributed by atoms with Crippen molar-refractivity contribution >= 4 is 78.7 Å². The topological polar surface area (TPSA) is 170 Å². The third-order valence-corrected chi connectivity index (χ3v) is 8.18. The maximum atomic E-state index is 11.7. The molecule has 0 bridgehead atoms. The van der Waals surface area contributed by atoms with Gasteiger partial charge in [0.05, 0.1) is 12.3 Å². The highest BCUT2D eigenvalue weighted by Gasteiger charge is 2.13. The van der Waals surface area contributed by atoms with Gasteiger partial charge >= 0.3 is 5.97 Å². The van der Waals surface area contributed by atoms with E-state index in [-0.39, 0.29) is 23.2 Å². The zero-order valence-corrected chi connectivity index (χ0v) is 33.3. The number of aliphatic hydroxyl groups excluding tert-OH is 1. The van der Waals surface area contributed by atoms with Crippen LogP contribution < -0.4 is 5.73 Å². The van der Waals surface area contributed by atoms with Gasteiger partial charge in [0.25, 0.3) is 0 Å². The Morgan fingerprint density at radius 3 is 1.66 bits per heavy atom. The Morgan fingerprint density at radius 1 is 0.851 bits per heavy atom. The lowest BCUT2D eigenvalue weighted by molar-refractivity contribution is 0.0524. The normalized spacial score (nSPS) is 9.74. The van der Waals surface area contributed by atoms with Crippen LogP contribution in [-0.4, -0.2) is 84.5 Å². The van der Waals surface area contributed by atoms with Crippen molar-refractivity contribution in [1.82, 2.24) is 35.3 Å². The van der Waals surface area contributed by atoms with Crippen LogP contribution in [0.15, 0.2) is 56.6 Å². The summed E-state index contributed by atoms with van der Waals surface area (Å²) >= 11 is 8.68. The summed E-state index contributed by atoms with van der Waals surface area (Å²) in [5.74, 6) is -0.412. The standard InChI is InChI=1S/C10H8BrN3OS.C8H19N.C6H8N2.C5H5BrN2O2S.CH4O.ClH/c11-10-14-13-9(16-10)8(15)5-4-7-3-1-2-6-12-7;1-6-9(7(2)3)8(4)5;7-5-6-3-1-2-4-8-6;1-2-10-4(9)3-7-8-5(6)11-3;1-2;/h1-3,6H,4-5H2;7-8H,6H2,1-5H3;1-4H,5,7H2;2H2,1H3;2H,1H3;1H. The van der Waals surface area contributed by atoms with E-state index in [0.717, 1.165) is 36.4 Å². The molecule has 4 aromatic heterocycles. The Kier molecular flexibility index (Phi) is 28.6. The molecule has 0 saturated carbocycles. The van der Waals surface area contributed by atoms with Gasteiger partial charge in [-0.1, -0.05) is 41.7 Å². The van der Waals surface area contributed by atoms with E-state index in [9.17, 15) is 9.59 Å². The number of ketones is 1. The molecule has 4 heterocycles. The van der Waals surface area contributed by atoms with Gasteiger partial charge in [-0.15, -0.1) is 32.8 Å². The van der Waals surface area contributed by atoms with Gasteiger partial charge in [0.1, 0.15) is 0 Å². The van der Waals surface area contributed by atoms with Gasteiger partial charge in [0, 0.05) is 50.2 Å². The minimum atomic E-state index is -0.421. The molecular formula is C30H45Br2ClN8O4S2. The number of aryl methyl sites for hydroxylation is 1. The SMILES string of the molecule is CCN(C(C)C)C(C)C.CCOC(=O)c1nnc(Br)s1.CO.Cl.NCc1ccccn1.O=C(CCc1ccccn1)c1nnc(Br)s1. The number of aromatic nitrogens is 6. The zero-order valence-electron chi connectivity index (χ0n) is 27.7. The summed E-state index contributed by atoms with van der Waals surface area (Å²) in [4.78, 5) is 33.2. The number of hydrogen-bond donors (Lipinski definition) is 2. The average Bonchev–Trinajstić information content (AvgIpc) is 3.71. The summed E-state index contributed by atoms with van der Waals surface area (Å²) in [6, 6.07) is 12.8.